The standard InChI is InChI=1S/C9H11N5S/c1-2-11-9(8-7(1)12-15-13-8)14-5-3-10-4-6-14/h1-2,10H,3-6H2. The fourth-order valence-corrected chi connectivity index (χ4v) is 2.34. The van der Waals surface area contributed by atoms with Crippen LogP contribution in [0, 0.1) is 0 Å². The molecule has 1 N–H and O–H groups in total. The molecule has 0 bridgehead atoms. The van der Waals surface area contributed by atoms with E-state index in [1.807, 2.05) is 6.07 Å². The van der Waals surface area contributed by atoms with E-state index in [0.29, 0.717) is 0 Å². The van der Waals surface area contributed by atoms with Gasteiger partial charge >= 0.3 is 0 Å². The summed E-state index contributed by atoms with van der Waals surface area (Å²) in [5.74, 6) is 0.975. The van der Waals surface area contributed by atoms with E-state index in [1.54, 1.807) is 6.20 Å². The van der Waals surface area contributed by atoms with Crippen molar-refractivity contribution in [1.82, 2.24) is 19.0 Å². The summed E-state index contributed by atoms with van der Waals surface area (Å²) in [6.45, 7) is 4.00. The normalized spacial score (nSPS) is 17.2. The summed E-state index contributed by atoms with van der Waals surface area (Å²) >= 11 is 1.25. The second-order valence-corrected chi connectivity index (χ2v) is 4.03. The predicted octanol–water partition coefficient (Wildman–Crippen LogP) is 0.496. The maximum atomic E-state index is 4.41. The van der Waals surface area contributed by atoms with Crippen molar-refractivity contribution in [2.75, 3.05) is 31.1 Å². The van der Waals surface area contributed by atoms with Gasteiger partial charge in [0.25, 0.3) is 0 Å². The Balaban J connectivity index is 2.05. The van der Waals surface area contributed by atoms with Crippen molar-refractivity contribution < 1.29 is 0 Å². The first-order valence-corrected chi connectivity index (χ1v) is 5.71. The van der Waals surface area contributed by atoms with Crippen molar-refractivity contribution in [3.05, 3.63) is 12.3 Å². The van der Waals surface area contributed by atoms with E-state index < -0.39 is 0 Å². The molecule has 0 aromatic carbocycles. The zero-order chi connectivity index (χ0) is 10.1. The molecule has 78 valence electrons. The molecule has 2 aromatic rings. The highest BCUT2D eigenvalue weighted by Crippen LogP contribution is 2.22. The molecule has 0 atom stereocenters. The SMILES string of the molecule is c1cc2nsnc2c(N2CCNCC2)n1. The molecule has 1 fully saturated rings. The number of nitrogens with one attached hydrogen (secondary N) is 1. The van der Waals surface area contributed by atoms with Crippen molar-refractivity contribution >= 4 is 28.6 Å². The third-order valence-corrected chi connectivity index (χ3v) is 3.11. The minimum Gasteiger partial charge on any atom is -0.352 e. The Morgan fingerprint density at radius 3 is 3.00 bits per heavy atom. The molecule has 0 unspecified atom stereocenters. The van der Waals surface area contributed by atoms with Gasteiger partial charge in [-0.2, -0.15) is 8.75 Å². The second-order valence-electron chi connectivity index (χ2n) is 3.50. The molecule has 3 heterocycles. The Morgan fingerprint density at radius 1 is 1.27 bits per heavy atom. The van der Waals surface area contributed by atoms with E-state index in [2.05, 4.69) is 23.9 Å². The van der Waals surface area contributed by atoms with Gasteiger partial charge in [0.1, 0.15) is 11.0 Å². The zero-order valence-corrected chi connectivity index (χ0v) is 9.00. The maximum Gasteiger partial charge on any atom is 0.158 e. The maximum absolute atomic E-state index is 4.41. The Bertz CT molecular complexity index is 462. The fourth-order valence-electron chi connectivity index (χ4n) is 1.81. The quantitative estimate of drug-likeness (QED) is 0.760. The lowest BCUT2D eigenvalue weighted by Gasteiger charge is -2.28. The highest BCUT2D eigenvalue weighted by molar-refractivity contribution is 7.00. The number of aromatic nitrogens is 3. The Labute approximate surface area is 91.5 Å². The summed E-state index contributed by atoms with van der Waals surface area (Å²) in [5, 5.41) is 3.32. The number of pyridine rings is 1. The van der Waals surface area contributed by atoms with Gasteiger partial charge < -0.3 is 10.2 Å². The molecule has 0 spiro atoms. The van der Waals surface area contributed by atoms with Crippen molar-refractivity contribution in [2.45, 2.75) is 0 Å². The molecule has 0 aliphatic carbocycles. The highest BCUT2D eigenvalue weighted by atomic mass is 32.1. The Morgan fingerprint density at radius 2 is 2.13 bits per heavy atom. The third-order valence-electron chi connectivity index (χ3n) is 2.57. The number of anilines is 1. The van der Waals surface area contributed by atoms with E-state index in [0.717, 1.165) is 43.0 Å². The first-order valence-electron chi connectivity index (χ1n) is 4.98. The predicted molar refractivity (Wildman–Crippen MR) is 60.3 cm³/mol. The van der Waals surface area contributed by atoms with E-state index in [9.17, 15) is 0 Å². The van der Waals surface area contributed by atoms with Crippen molar-refractivity contribution in [2.24, 2.45) is 0 Å². The number of hydrogen-bond acceptors (Lipinski definition) is 6. The van der Waals surface area contributed by atoms with Gasteiger partial charge in [0.15, 0.2) is 5.82 Å². The third kappa shape index (κ3) is 1.55. The van der Waals surface area contributed by atoms with Crippen LogP contribution in [0.5, 0.6) is 0 Å². The van der Waals surface area contributed by atoms with Gasteiger partial charge in [-0.05, 0) is 6.07 Å². The van der Waals surface area contributed by atoms with Crippen LogP contribution in [0.2, 0.25) is 0 Å². The summed E-state index contributed by atoms with van der Waals surface area (Å²) < 4.78 is 8.52. The summed E-state index contributed by atoms with van der Waals surface area (Å²) in [4.78, 5) is 6.67. The Hall–Kier alpha value is -1.27. The summed E-state index contributed by atoms with van der Waals surface area (Å²) in [5.41, 5.74) is 1.88. The molecule has 0 saturated carbocycles. The van der Waals surface area contributed by atoms with Crippen LogP contribution in [-0.2, 0) is 0 Å². The lowest BCUT2D eigenvalue weighted by atomic mass is 10.3. The van der Waals surface area contributed by atoms with Crippen LogP contribution in [0.4, 0.5) is 5.82 Å². The molecule has 6 heteroatoms. The van der Waals surface area contributed by atoms with Gasteiger partial charge in [-0.1, -0.05) is 0 Å². The fraction of sp³-hybridized carbons (Fsp3) is 0.444. The highest BCUT2D eigenvalue weighted by Gasteiger charge is 2.15. The first kappa shape index (κ1) is 8.99. The molecule has 3 rings (SSSR count). The minimum atomic E-state index is 0.935. The molecule has 0 radical (unpaired) electrons. The van der Waals surface area contributed by atoms with Gasteiger partial charge in [0.05, 0.1) is 11.7 Å². The van der Waals surface area contributed by atoms with Crippen LogP contribution < -0.4 is 10.2 Å². The molecule has 15 heavy (non-hydrogen) atoms. The van der Waals surface area contributed by atoms with Crippen molar-refractivity contribution in [1.29, 1.82) is 0 Å². The number of rotatable bonds is 1. The van der Waals surface area contributed by atoms with Gasteiger partial charge in [-0.3, -0.25) is 0 Å². The first-order chi connectivity index (χ1) is 7.45. The molecule has 5 nitrogen and oxygen atoms in total. The lowest BCUT2D eigenvalue weighted by molar-refractivity contribution is 0.586. The average Bonchev–Trinajstić information content (AvgIpc) is 2.78. The monoisotopic (exact) mass is 221 g/mol. The van der Waals surface area contributed by atoms with Crippen LogP contribution in [0.15, 0.2) is 12.3 Å². The van der Waals surface area contributed by atoms with E-state index >= 15 is 0 Å². The second kappa shape index (κ2) is 3.71. The number of nitrogens with zero attached hydrogens (tertiary/aromatic N) is 4. The topological polar surface area (TPSA) is 53.9 Å². The molecule has 1 saturated heterocycles. The van der Waals surface area contributed by atoms with Crippen molar-refractivity contribution in [3.63, 3.8) is 0 Å². The van der Waals surface area contributed by atoms with Gasteiger partial charge in [0.2, 0.25) is 0 Å². The van der Waals surface area contributed by atoms with Crippen LogP contribution in [0.1, 0.15) is 0 Å². The summed E-state index contributed by atoms with van der Waals surface area (Å²) in [6, 6.07) is 1.91. The minimum absolute atomic E-state index is 0.935. The van der Waals surface area contributed by atoms with Gasteiger partial charge in [-0.15, -0.1) is 0 Å². The van der Waals surface area contributed by atoms with Gasteiger partial charge in [-0.25, -0.2) is 4.98 Å². The van der Waals surface area contributed by atoms with E-state index in [1.165, 1.54) is 11.7 Å². The number of hydrogen-bond donors (Lipinski definition) is 1. The zero-order valence-electron chi connectivity index (χ0n) is 8.18. The number of fused-ring (bicyclic) bond motifs is 1. The molecule has 2 aromatic heterocycles. The van der Waals surface area contributed by atoms with E-state index in [4.69, 9.17) is 0 Å². The molecule has 1 aliphatic rings. The van der Waals surface area contributed by atoms with Crippen molar-refractivity contribution in [3.8, 4) is 0 Å². The number of piperazine rings is 1. The van der Waals surface area contributed by atoms with Crippen LogP contribution in [0.25, 0.3) is 11.0 Å². The van der Waals surface area contributed by atoms with Crippen LogP contribution >= 0.6 is 11.7 Å². The largest absolute Gasteiger partial charge is 0.352 e. The van der Waals surface area contributed by atoms with Gasteiger partial charge in [0, 0.05) is 32.4 Å². The van der Waals surface area contributed by atoms with Crippen LogP contribution in [-0.4, -0.2) is 39.9 Å². The molecular formula is C9H11N5S. The Kier molecular flexibility index (Phi) is 2.22. The molecular weight excluding hydrogens is 210 g/mol. The summed E-state index contributed by atoms with van der Waals surface area (Å²) in [7, 11) is 0. The molecule has 0 amide bonds. The summed E-state index contributed by atoms with van der Waals surface area (Å²) in [6.07, 6.45) is 1.81. The average molecular weight is 221 g/mol. The molecule has 1 aliphatic heterocycles. The lowest BCUT2D eigenvalue weighted by Crippen LogP contribution is -2.44. The smallest absolute Gasteiger partial charge is 0.158 e. The van der Waals surface area contributed by atoms with E-state index in [-0.39, 0.29) is 0 Å². The van der Waals surface area contributed by atoms with Crippen LogP contribution in [0.3, 0.4) is 0 Å².